The number of carboxylic acids is 1. The van der Waals surface area contributed by atoms with Crippen LogP contribution in [0.15, 0.2) is 0 Å². The first-order valence-corrected chi connectivity index (χ1v) is 4.09. The molecule has 0 saturated heterocycles. The smallest absolute Gasteiger partial charge is 0.320 e. The van der Waals surface area contributed by atoms with Gasteiger partial charge in [0.15, 0.2) is 0 Å². The van der Waals surface area contributed by atoms with Gasteiger partial charge in [-0.1, -0.05) is 0 Å². The third-order valence-electron chi connectivity index (χ3n) is 1.49. The third kappa shape index (κ3) is 7.42. The van der Waals surface area contributed by atoms with Crippen molar-refractivity contribution in [2.24, 2.45) is 5.73 Å². The van der Waals surface area contributed by atoms with E-state index in [1.807, 2.05) is 0 Å². The van der Waals surface area contributed by atoms with Crippen molar-refractivity contribution in [1.82, 2.24) is 0 Å². The van der Waals surface area contributed by atoms with Crippen LogP contribution in [0, 0.1) is 0 Å². The lowest BCUT2D eigenvalue weighted by atomic mass is 10.2. The number of nitrogens with two attached hydrogens (primary N) is 1. The number of rotatable bonds is 7. The molecule has 0 heterocycles. The van der Waals surface area contributed by atoms with Crippen LogP contribution in [0.1, 0.15) is 19.8 Å². The summed E-state index contributed by atoms with van der Waals surface area (Å²) in [6.45, 7) is 2.09. The normalized spacial score (nSPS) is 12.5. The molecule has 0 aliphatic rings. The molecule has 0 aromatic rings. The SMILES string of the molecule is CC(=O)CCOCCC(N)C(=O)O. The van der Waals surface area contributed by atoms with E-state index in [1.165, 1.54) is 6.92 Å². The van der Waals surface area contributed by atoms with Crippen LogP contribution in [0.2, 0.25) is 0 Å². The predicted molar refractivity (Wildman–Crippen MR) is 46.3 cm³/mol. The molecule has 0 aliphatic carbocycles. The molecule has 0 saturated carbocycles. The molecule has 5 nitrogen and oxygen atoms in total. The van der Waals surface area contributed by atoms with Crippen LogP contribution >= 0.6 is 0 Å². The third-order valence-corrected chi connectivity index (χ3v) is 1.49. The standard InChI is InChI=1S/C8H15NO4/c1-6(10)2-4-13-5-3-7(9)8(11)12/h7H,2-5,9H2,1H3,(H,11,12). The molecule has 0 aromatic heterocycles. The van der Waals surface area contributed by atoms with Gasteiger partial charge in [-0.05, 0) is 13.3 Å². The molecule has 13 heavy (non-hydrogen) atoms. The average molecular weight is 189 g/mol. The molecule has 0 rings (SSSR count). The van der Waals surface area contributed by atoms with E-state index in [4.69, 9.17) is 15.6 Å². The molecule has 1 atom stereocenters. The van der Waals surface area contributed by atoms with Crippen LogP contribution in [0.3, 0.4) is 0 Å². The van der Waals surface area contributed by atoms with E-state index in [9.17, 15) is 9.59 Å². The highest BCUT2D eigenvalue weighted by Gasteiger charge is 2.10. The van der Waals surface area contributed by atoms with Gasteiger partial charge in [-0.2, -0.15) is 0 Å². The highest BCUT2D eigenvalue weighted by Crippen LogP contribution is 1.91. The van der Waals surface area contributed by atoms with Gasteiger partial charge >= 0.3 is 5.97 Å². The van der Waals surface area contributed by atoms with Crippen LogP contribution in [-0.2, 0) is 14.3 Å². The summed E-state index contributed by atoms with van der Waals surface area (Å²) in [5, 5.41) is 8.39. The second kappa shape index (κ2) is 6.56. The first-order chi connectivity index (χ1) is 6.04. The number of hydrogen-bond acceptors (Lipinski definition) is 4. The fourth-order valence-electron chi connectivity index (χ4n) is 0.652. The Labute approximate surface area is 76.9 Å². The van der Waals surface area contributed by atoms with Crippen LogP contribution in [0.25, 0.3) is 0 Å². The fourth-order valence-corrected chi connectivity index (χ4v) is 0.652. The number of ketones is 1. The highest BCUT2D eigenvalue weighted by molar-refractivity contribution is 5.75. The Morgan fingerprint density at radius 3 is 2.54 bits per heavy atom. The first-order valence-electron chi connectivity index (χ1n) is 4.09. The van der Waals surface area contributed by atoms with Gasteiger partial charge in [0.2, 0.25) is 0 Å². The van der Waals surface area contributed by atoms with Gasteiger partial charge in [0.1, 0.15) is 11.8 Å². The van der Waals surface area contributed by atoms with Crippen molar-refractivity contribution in [2.45, 2.75) is 25.8 Å². The number of aliphatic carboxylic acids is 1. The van der Waals surface area contributed by atoms with Crippen LogP contribution in [0.5, 0.6) is 0 Å². The Kier molecular flexibility index (Phi) is 6.09. The van der Waals surface area contributed by atoms with Crippen molar-refractivity contribution in [2.75, 3.05) is 13.2 Å². The van der Waals surface area contributed by atoms with E-state index in [2.05, 4.69) is 0 Å². The molecule has 76 valence electrons. The Morgan fingerprint density at radius 2 is 2.08 bits per heavy atom. The molecule has 0 bridgehead atoms. The van der Waals surface area contributed by atoms with Gasteiger partial charge < -0.3 is 15.6 Å². The molecular formula is C8H15NO4. The summed E-state index contributed by atoms with van der Waals surface area (Å²) >= 11 is 0. The zero-order chi connectivity index (χ0) is 10.3. The van der Waals surface area contributed by atoms with E-state index in [-0.39, 0.29) is 18.8 Å². The summed E-state index contributed by atoms with van der Waals surface area (Å²) < 4.78 is 5.00. The monoisotopic (exact) mass is 189 g/mol. The largest absolute Gasteiger partial charge is 0.480 e. The molecular weight excluding hydrogens is 174 g/mol. The van der Waals surface area contributed by atoms with Crippen LogP contribution in [0.4, 0.5) is 0 Å². The Morgan fingerprint density at radius 1 is 1.46 bits per heavy atom. The number of carbonyl (C=O) groups excluding carboxylic acids is 1. The molecule has 0 amide bonds. The lowest BCUT2D eigenvalue weighted by Crippen LogP contribution is -2.31. The first kappa shape index (κ1) is 12.1. The second-order valence-corrected chi connectivity index (χ2v) is 2.80. The predicted octanol–water partition coefficient (Wildman–Crippen LogP) is -0.216. The van der Waals surface area contributed by atoms with Gasteiger partial charge in [-0.25, -0.2) is 0 Å². The van der Waals surface area contributed by atoms with Crippen LogP contribution < -0.4 is 5.73 Å². The van der Waals surface area contributed by atoms with E-state index in [1.54, 1.807) is 0 Å². The van der Waals surface area contributed by atoms with Crippen LogP contribution in [-0.4, -0.2) is 36.1 Å². The van der Waals surface area contributed by atoms with Gasteiger partial charge in [0.25, 0.3) is 0 Å². The zero-order valence-corrected chi connectivity index (χ0v) is 7.66. The minimum Gasteiger partial charge on any atom is -0.480 e. The molecule has 0 aliphatic heterocycles. The van der Waals surface area contributed by atoms with E-state index >= 15 is 0 Å². The molecule has 0 spiro atoms. The van der Waals surface area contributed by atoms with Gasteiger partial charge in [0, 0.05) is 13.0 Å². The molecule has 5 heteroatoms. The lowest BCUT2D eigenvalue weighted by Gasteiger charge is -2.06. The van der Waals surface area contributed by atoms with Crippen molar-refractivity contribution >= 4 is 11.8 Å². The number of Topliss-reactive ketones (excluding diaryl/α,β-unsaturated/α-hetero) is 1. The summed E-state index contributed by atoms with van der Waals surface area (Å²) in [4.78, 5) is 20.7. The number of hydrogen-bond donors (Lipinski definition) is 2. The van der Waals surface area contributed by atoms with Gasteiger partial charge in [0.05, 0.1) is 6.61 Å². The van der Waals surface area contributed by atoms with E-state index in [0.29, 0.717) is 13.0 Å². The number of ether oxygens (including phenoxy) is 1. The maximum absolute atomic E-state index is 10.5. The van der Waals surface area contributed by atoms with Gasteiger partial charge in [-0.15, -0.1) is 0 Å². The zero-order valence-electron chi connectivity index (χ0n) is 7.66. The summed E-state index contributed by atoms with van der Waals surface area (Å²) in [5.41, 5.74) is 5.21. The van der Waals surface area contributed by atoms with Crippen molar-refractivity contribution < 1.29 is 19.4 Å². The Hall–Kier alpha value is -0.940. The summed E-state index contributed by atoms with van der Waals surface area (Å²) in [7, 11) is 0. The number of carbonyl (C=O) groups is 2. The van der Waals surface area contributed by atoms with Crippen molar-refractivity contribution in [3.63, 3.8) is 0 Å². The maximum Gasteiger partial charge on any atom is 0.320 e. The topological polar surface area (TPSA) is 89.6 Å². The quantitative estimate of drug-likeness (QED) is 0.540. The summed E-state index contributed by atoms with van der Waals surface area (Å²) in [5.74, 6) is -0.974. The molecule has 3 N–H and O–H groups in total. The lowest BCUT2D eigenvalue weighted by molar-refractivity contribution is -0.139. The highest BCUT2D eigenvalue weighted by atomic mass is 16.5. The van der Waals surface area contributed by atoms with Crippen molar-refractivity contribution in [3.05, 3.63) is 0 Å². The van der Waals surface area contributed by atoms with E-state index < -0.39 is 12.0 Å². The maximum atomic E-state index is 10.5. The summed E-state index contributed by atoms with van der Waals surface area (Å²) in [6, 6.07) is -0.877. The minimum atomic E-state index is -1.03. The molecule has 1 unspecified atom stereocenters. The average Bonchev–Trinajstić information content (AvgIpc) is 2.02. The summed E-state index contributed by atoms with van der Waals surface area (Å²) in [6.07, 6.45) is 0.634. The number of carboxylic acid groups (broad SMARTS) is 1. The van der Waals surface area contributed by atoms with Crippen molar-refractivity contribution in [1.29, 1.82) is 0 Å². The fraction of sp³-hybridized carbons (Fsp3) is 0.750. The molecule has 0 fully saturated rings. The Balaban J connectivity index is 3.26. The minimum absolute atomic E-state index is 0.0579. The van der Waals surface area contributed by atoms with E-state index in [0.717, 1.165) is 0 Å². The van der Waals surface area contributed by atoms with Gasteiger partial charge in [-0.3, -0.25) is 9.59 Å². The molecule has 0 radical (unpaired) electrons. The van der Waals surface area contributed by atoms with Crippen molar-refractivity contribution in [3.8, 4) is 0 Å². The second-order valence-electron chi connectivity index (χ2n) is 2.80. The molecule has 0 aromatic carbocycles. The Bertz CT molecular complexity index is 181.